The molecule has 0 atom stereocenters. The monoisotopic (exact) mass is 277 g/mol. The highest BCUT2D eigenvalue weighted by Gasteiger charge is 2.29. The minimum atomic E-state index is -0.877. The Morgan fingerprint density at radius 3 is 2.60 bits per heavy atom. The summed E-state index contributed by atoms with van der Waals surface area (Å²) in [4.78, 5) is 11.3. The number of rotatable bonds is 4. The van der Waals surface area contributed by atoms with Gasteiger partial charge in [0, 0.05) is 23.5 Å². The Kier molecular flexibility index (Phi) is 3.59. The average Bonchev–Trinajstić information content (AvgIpc) is 2.67. The molecule has 0 aliphatic rings. The van der Waals surface area contributed by atoms with Crippen LogP contribution >= 0.6 is 0 Å². The number of para-hydroxylation sites is 1. The lowest BCUT2D eigenvalue weighted by Gasteiger charge is -2.22. The Hall–Kier alpha value is -1.84. The van der Waals surface area contributed by atoms with Crippen LogP contribution in [0.5, 0.6) is 0 Å². The summed E-state index contributed by atoms with van der Waals surface area (Å²) in [6, 6.07) is 6.93. The minimum absolute atomic E-state index is 0.0731. The Balaban J connectivity index is 2.62. The topological polar surface area (TPSA) is 42.2 Å². The van der Waals surface area contributed by atoms with E-state index in [0.29, 0.717) is 11.9 Å². The third kappa shape index (κ3) is 2.42. The maximum Gasteiger partial charge on any atom is 0.309 e. The Labute approximate surface area is 118 Å². The van der Waals surface area contributed by atoms with Crippen LogP contribution in [-0.2, 0) is 11.2 Å². The quantitative estimate of drug-likeness (QED) is 0.917. The van der Waals surface area contributed by atoms with E-state index >= 15 is 0 Å². The zero-order valence-electron chi connectivity index (χ0n) is 12.3. The number of hydrogen-bond donors (Lipinski definition) is 1. The third-order valence-electron chi connectivity index (χ3n) is 3.61. The lowest BCUT2D eigenvalue weighted by molar-refractivity contribution is -0.146. The van der Waals surface area contributed by atoms with Crippen LogP contribution in [0.3, 0.4) is 0 Å². The Bertz CT molecular complexity index is 656. The number of aliphatic carboxylic acids is 1. The highest BCUT2D eigenvalue weighted by atomic mass is 19.1. The summed E-state index contributed by atoms with van der Waals surface area (Å²) >= 11 is 0. The number of hydrogen-bond acceptors (Lipinski definition) is 1. The number of halogens is 1. The molecule has 0 aliphatic carbocycles. The van der Waals surface area contributed by atoms with E-state index in [9.17, 15) is 14.3 Å². The van der Waals surface area contributed by atoms with Crippen molar-refractivity contribution >= 4 is 16.9 Å². The van der Waals surface area contributed by atoms with Crippen LogP contribution in [-0.4, -0.2) is 15.6 Å². The predicted molar refractivity (Wildman–Crippen MR) is 77.4 cm³/mol. The number of carboxylic acids is 1. The highest BCUT2D eigenvalue weighted by molar-refractivity contribution is 5.82. The number of carboxylic acid groups (broad SMARTS) is 1. The minimum Gasteiger partial charge on any atom is -0.481 e. The SMILES string of the molecule is CC(C)n1c(CC(C)(C)C(=O)O)cc2cccc(F)c21. The first-order valence-electron chi connectivity index (χ1n) is 6.76. The maximum atomic E-state index is 14.1. The second-order valence-corrected chi connectivity index (χ2v) is 6.14. The first kappa shape index (κ1) is 14.6. The van der Waals surface area contributed by atoms with Gasteiger partial charge in [-0.2, -0.15) is 0 Å². The van der Waals surface area contributed by atoms with Gasteiger partial charge in [0.1, 0.15) is 5.82 Å². The molecule has 0 fully saturated rings. The Morgan fingerprint density at radius 1 is 1.40 bits per heavy atom. The number of carbonyl (C=O) groups is 1. The number of nitrogens with zero attached hydrogens (tertiary/aromatic N) is 1. The van der Waals surface area contributed by atoms with E-state index < -0.39 is 11.4 Å². The van der Waals surface area contributed by atoms with E-state index in [1.165, 1.54) is 6.07 Å². The van der Waals surface area contributed by atoms with Gasteiger partial charge in [-0.1, -0.05) is 12.1 Å². The van der Waals surface area contributed by atoms with Crippen LogP contribution in [0.15, 0.2) is 24.3 Å². The molecule has 0 saturated heterocycles. The lowest BCUT2D eigenvalue weighted by atomic mass is 9.88. The molecule has 0 saturated carbocycles. The smallest absolute Gasteiger partial charge is 0.309 e. The van der Waals surface area contributed by atoms with Crippen LogP contribution in [0.2, 0.25) is 0 Å². The van der Waals surface area contributed by atoms with E-state index in [1.807, 2.05) is 30.5 Å². The van der Waals surface area contributed by atoms with Crippen LogP contribution in [0.1, 0.15) is 39.4 Å². The molecule has 0 aliphatic heterocycles. The predicted octanol–water partition coefficient (Wildman–Crippen LogP) is 4.01. The van der Waals surface area contributed by atoms with E-state index in [4.69, 9.17) is 0 Å². The number of aromatic nitrogens is 1. The summed E-state index contributed by atoms with van der Waals surface area (Å²) in [5.41, 5.74) is 0.531. The van der Waals surface area contributed by atoms with Crippen molar-refractivity contribution in [3.63, 3.8) is 0 Å². The van der Waals surface area contributed by atoms with Gasteiger partial charge in [-0.15, -0.1) is 0 Å². The summed E-state index contributed by atoms with van der Waals surface area (Å²) in [7, 11) is 0. The van der Waals surface area contributed by atoms with Crippen molar-refractivity contribution in [1.29, 1.82) is 0 Å². The summed E-state index contributed by atoms with van der Waals surface area (Å²) in [6.07, 6.45) is 0.370. The number of fused-ring (bicyclic) bond motifs is 1. The van der Waals surface area contributed by atoms with Crippen molar-refractivity contribution in [1.82, 2.24) is 4.57 Å². The average molecular weight is 277 g/mol. The zero-order valence-corrected chi connectivity index (χ0v) is 12.3. The van der Waals surface area contributed by atoms with Crippen LogP contribution in [0.4, 0.5) is 4.39 Å². The summed E-state index contributed by atoms with van der Waals surface area (Å²) in [6.45, 7) is 7.33. The first-order valence-corrected chi connectivity index (χ1v) is 6.76. The van der Waals surface area contributed by atoms with Crippen LogP contribution in [0.25, 0.3) is 10.9 Å². The van der Waals surface area contributed by atoms with E-state index in [1.54, 1.807) is 19.9 Å². The molecule has 1 aromatic heterocycles. The summed E-state index contributed by atoms with van der Waals surface area (Å²) in [5.74, 6) is -1.12. The second kappa shape index (κ2) is 4.93. The molecule has 0 unspecified atom stereocenters. The molecule has 0 radical (unpaired) electrons. The van der Waals surface area contributed by atoms with Crippen molar-refractivity contribution in [3.8, 4) is 0 Å². The zero-order chi connectivity index (χ0) is 15.1. The fraction of sp³-hybridized carbons (Fsp3) is 0.438. The molecule has 0 amide bonds. The van der Waals surface area contributed by atoms with Crippen molar-refractivity contribution in [2.75, 3.05) is 0 Å². The Morgan fingerprint density at radius 2 is 2.05 bits per heavy atom. The molecule has 1 heterocycles. The third-order valence-corrected chi connectivity index (χ3v) is 3.61. The molecule has 20 heavy (non-hydrogen) atoms. The molecule has 108 valence electrons. The van der Waals surface area contributed by atoms with Crippen LogP contribution in [0, 0.1) is 11.2 Å². The van der Waals surface area contributed by atoms with E-state index in [0.717, 1.165) is 11.1 Å². The van der Waals surface area contributed by atoms with Gasteiger partial charge in [-0.3, -0.25) is 4.79 Å². The van der Waals surface area contributed by atoms with Gasteiger partial charge in [0.2, 0.25) is 0 Å². The van der Waals surface area contributed by atoms with Gasteiger partial charge >= 0.3 is 5.97 Å². The van der Waals surface area contributed by atoms with Crippen molar-refractivity contribution in [2.24, 2.45) is 5.41 Å². The molecule has 3 nitrogen and oxygen atoms in total. The van der Waals surface area contributed by atoms with E-state index in [2.05, 4.69) is 0 Å². The van der Waals surface area contributed by atoms with Gasteiger partial charge in [-0.25, -0.2) is 4.39 Å². The largest absolute Gasteiger partial charge is 0.481 e. The van der Waals surface area contributed by atoms with E-state index in [-0.39, 0.29) is 11.9 Å². The molecular formula is C16H20FNO2. The molecule has 0 bridgehead atoms. The van der Waals surface area contributed by atoms with Crippen molar-refractivity contribution in [2.45, 2.75) is 40.2 Å². The molecule has 4 heteroatoms. The molecule has 1 N–H and O–H groups in total. The van der Waals surface area contributed by atoms with Gasteiger partial charge in [0.15, 0.2) is 0 Å². The highest BCUT2D eigenvalue weighted by Crippen LogP contribution is 2.31. The van der Waals surface area contributed by atoms with Crippen molar-refractivity contribution in [3.05, 3.63) is 35.8 Å². The molecule has 2 aromatic rings. The van der Waals surface area contributed by atoms with Gasteiger partial charge < -0.3 is 9.67 Å². The summed E-state index contributed by atoms with van der Waals surface area (Å²) < 4.78 is 16.0. The fourth-order valence-corrected chi connectivity index (χ4v) is 2.55. The molecule has 1 aromatic carbocycles. The van der Waals surface area contributed by atoms with Gasteiger partial charge in [0.05, 0.1) is 10.9 Å². The van der Waals surface area contributed by atoms with Crippen LogP contribution < -0.4 is 0 Å². The molecule has 0 spiro atoms. The fourth-order valence-electron chi connectivity index (χ4n) is 2.55. The first-order chi connectivity index (χ1) is 9.24. The standard InChI is InChI=1S/C16H20FNO2/c1-10(2)18-12(9-16(3,4)15(19)20)8-11-6-5-7-13(17)14(11)18/h5-8,10H,9H2,1-4H3,(H,19,20). The van der Waals surface area contributed by atoms with Crippen molar-refractivity contribution < 1.29 is 14.3 Å². The normalized spacial score (nSPS) is 12.3. The lowest BCUT2D eigenvalue weighted by Crippen LogP contribution is -2.27. The molecular weight excluding hydrogens is 257 g/mol. The molecule has 2 rings (SSSR count). The number of benzene rings is 1. The summed E-state index contributed by atoms with van der Waals surface area (Å²) in [5, 5.41) is 10.1. The second-order valence-electron chi connectivity index (χ2n) is 6.14. The van der Waals surface area contributed by atoms with Gasteiger partial charge in [-0.05, 0) is 39.8 Å². The van der Waals surface area contributed by atoms with Gasteiger partial charge in [0.25, 0.3) is 0 Å². The maximum absolute atomic E-state index is 14.1.